The van der Waals surface area contributed by atoms with E-state index in [1.54, 1.807) is 42.6 Å². The smallest absolute Gasteiger partial charge is 0.251 e. The molecule has 0 saturated carbocycles. The number of hydrogen-bond donors (Lipinski definition) is 2. The minimum Gasteiger partial charge on any atom is -0.348 e. The fourth-order valence-electron chi connectivity index (χ4n) is 2.07. The van der Waals surface area contributed by atoms with Gasteiger partial charge in [0, 0.05) is 34.9 Å². The monoisotopic (exact) mass is 327 g/mol. The highest BCUT2D eigenvalue weighted by molar-refractivity contribution is 7.13. The molecule has 23 heavy (non-hydrogen) atoms. The maximum Gasteiger partial charge on any atom is 0.251 e. The fourth-order valence-corrected chi connectivity index (χ4v) is 2.62. The van der Waals surface area contributed by atoms with Gasteiger partial charge >= 0.3 is 0 Å². The maximum atomic E-state index is 13.6. The number of aromatic nitrogens is 1. The summed E-state index contributed by atoms with van der Waals surface area (Å²) >= 11 is 1.48. The molecule has 0 atom stereocenters. The van der Waals surface area contributed by atoms with Crippen molar-refractivity contribution in [3.8, 4) is 0 Å². The first-order chi connectivity index (χ1) is 11.2. The Morgan fingerprint density at radius 1 is 1.17 bits per heavy atom. The van der Waals surface area contributed by atoms with Crippen molar-refractivity contribution in [2.75, 3.05) is 5.32 Å². The Kier molecular flexibility index (Phi) is 4.63. The van der Waals surface area contributed by atoms with Gasteiger partial charge in [0.05, 0.1) is 0 Å². The lowest BCUT2D eigenvalue weighted by atomic mass is 10.1. The number of anilines is 2. The number of amides is 1. The second-order valence-corrected chi connectivity index (χ2v) is 5.71. The standard InChI is InChI=1S/C17H14FN3OS/c18-15-7-2-1-4-13(15)11-20-16(22)12-5-3-6-14(10-12)21-17-19-8-9-23-17/h1-10H,11H2,(H,19,21)(H,20,22). The second-order valence-electron chi connectivity index (χ2n) is 4.82. The zero-order valence-corrected chi connectivity index (χ0v) is 12.9. The third kappa shape index (κ3) is 3.92. The van der Waals surface area contributed by atoms with Crippen LogP contribution in [0.4, 0.5) is 15.2 Å². The number of hydrogen-bond acceptors (Lipinski definition) is 4. The van der Waals surface area contributed by atoms with E-state index in [1.807, 2.05) is 11.4 Å². The number of benzene rings is 2. The Bertz CT molecular complexity index is 805. The minimum atomic E-state index is -0.327. The molecule has 0 radical (unpaired) electrons. The van der Waals surface area contributed by atoms with Gasteiger partial charge in [-0.1, -0.05) is 24.3 Å². The third-order valence-corrected chi connectivity index (χ3v) is 3.89. The summed E-state index contributed by atoms with van der Waals surface area (Å²) in [5.41, 5.74) is 1.74. The molecule has 0 aliphatic carbocycles. The molecule has 0 aliphatic rings. The molecule has 6 heteroatoms. The summed E-state index contributed by atoms with van der Waals surface area (Å²) in [6, 6.07) is 13.5. The van der Waals surface area contributed by atoms with Crippen LogP contribution < -0.4 is 10.6 Å². The van der Waals surface area contributed by atoms with Gasteiger partial charge in [-0.05, 0) is 24.3 Å². The van der Waals surface area contributed by atoms with Crippen LogP contribution in [0.15, 0.2) is 60.1 Å². The molecule has 4 nitrogen and oxygen atoms in total. The van der Waals surface area contributed by atoms with E-state index in [4.69, 9.17) is 0 Å². The second kappa shape index (κ2) is 7.02. The quantitative estimate of drug-likeness (QED) is 0.746. The number of nitrogens with one attached hydrogen (secondary N) is 2. The van der Waals surface area contributed by atoms with E-state index in [-0.39, 0.29) is 18.3 Å². The first-order valence-electron chi connectivity index (χ1n) is 7.00. The molecule has 3 aromatic rings. The molecular weight excluding hydrogens is 313 g/mol. The number of thiazole rings is 1. The Morgan fingerprint density at radius 2 is 2.04 bits per heavy atom. The van der Waals surface area contributed by atoms with Gasteiger partial charge in [0.15, 0.2) is 5.13 Å². The van der Waals surface area contributed by atoms with E-state index >= 15 is 0 Å². The zero-order valence-electron chi connectivity index (χ0n) is 12.1. The lowest BCUT2D eigenvalue weighted by Crippen LogP contribution is -2.23. The summed E-state index contributed by atoms with van der Waals surface area (Å²) in [5, 5.41) is 8.48. The SMILES string of the molecule is O=C(NCc1ccccc1F)c1cccc(Nc2nccs2)c1. The van der Waals surface area contributed by atoms with Crippen LogP contribution in [0, 0.1) is 5.82 Å². The molecule has 0 saturated heterocycles. The van der Waals surface area contributed by atoms with Crippen molar-refractivity contribution in [1.82, 2.24) is 10.3 Å². The topological polar surface area (TPSA) is 54.0 Å². The summed E-state index contributed by atoms with van der Waals surface area (Å²) in [5.74, 6) is -0.581. The molecule has 3 rings (SSSR count). The van der Waals surface area contributed by atoms with Crippen molar-refractivity contribution >= 4 is 28.1 Å². The summed E-state index contributed by atoms with van der Waals surface area (Å²) in [6.45, 7) is 0.148. The average Bonchev–Trinajstić information content (AvgIpc) is 3.07. The fraction of sp³-hybridized carbons (Fsp3) is 0.0588. The molecule has 1 amide bonds. The first kappa shape index (κ1) is 15.2. The summed E-state index contributed by atoms with van der Waals surface area (Å²) in [4.78, 5) is 16.3. The summed E-state index contributed by atoms with van der Waals surface area (Å²) < 4.78 is 13.6. The molecular formula is C17H14FN3OS. The van der Waals surface area contributed by atoms with Crippen LogP contribution in [0.2, 0.25) is 0 Å². The largest absolute Gasteiger partial charge is 0.348 e. The summed E-state index contributed by atoms with van der Waals surface area (Å²) in [6.07, 6.45) is 1.71. The van der Waals surface area contributed by atoms with E-state index in [2.05, 4.69) is 15.6 Å². The molecule has 116 valence electrons. The van der Waals surface area contributed by atoms with E-state index in [1.165, 1.54) is 17.4 Å². The first-order valence-corrected chi connectivity index (χ1v) is 7.88. The molecule has 0 fully saturated rings. The van der Waals surface area contributed by atoms with E-state index in [0.717, 1.165) is 10.8 Å². The lowest BCUT2D eigenvalue weighted by molar-refractivity contribution is 0.0950. The van der Waals surface area contributed by atoms with Crippen LogP contribution in [-0.4, -0.2) is 10.9 Å². The number of carbonyl (C=O) groups is 1. The van der Waals surface area contributed by atoms with Crippen LogP contribution >= 0.6 is 11.3 Å². The zero-order chi connectivity index (χ0) is 16.1. The van der Waals surface area contributed by atoms with Gasteiger partial charge < -0.3 is 10.6 Å². The Morgan fingerprint density at radius 3 is 2.83 bits per heavy atom. The van der Waals surface area contributed by atoms with Crippen LogP contribution in [0.3, 0.4) is 0 Å². The maximum absolute atomic E-state index is 13.6. The van der Waals surface area contributed by atoms with Crippen molar-refractivity contribution in [3.63, 3.8) is 0 Å². The molecule has 0 unspecified atom stereocenters. The van der Waals surface area contributed by atoms with Gasteiger partial charge in [-0.15, -0.1) is 11.3 Å². The van der Waals surface area contributed by atoms with Crippen molar-refractivity contribution in [2.24, 2.45) is 0 Å². The predicted molar refractivity (Wildman–Crippen MR) is 89.4 cm³/mol. The number of carbonyl (C=O) groups excluding carboxylic acids is 1. The Labute approximate surface area is 137 Å². The van der Waals surface area contributed by atoms with Crippen molar-refractivity contribution < 1.29 is 9.18 Å². The molecule has 0 spiro atoms. The highest BCUT2D eigenvalue weighted by atomic mass is 32.1. The van der Waals surface area contributed by atoms with Crippen LogP contribution in [0.5, 0.6) is 0 Å². The average molecular weight is 327 g/mol. The van der Waals surface area contributed by atoms with Gasteiger partial charge in [0.25, 0.3) is 5.91 Å². The molecule has 0 bridgehead atoms. The highest BCUT2D eigenvalue weighted by Gasteiger charge is 2.08. The molecule has 1 aromatic heterocycles. The molecule has 1 heterocycles. The van der Waals surface area contributed by atoms with Gasteiger partial charge in [0.1, 0.15) is 5.82 Å². The van der Waals surface area contributed by atoms with Crippen LogP contribution in [-0.2, 0) is 6.54 Å². The van der Waals surface area contributed by atoms with E-state index < -0.39 is 0 Å². The van der Waals surface area contributed by atoms with Gasteiger partial charge in [-0.2, -0.15) is 0 Å². The normalized spacial score (nSPS) is 10.3. The third-order valence-electron chi connectivity index (χ3n) is 3.21. The van der Waals surface area contributed by atoms with Crippen molar-refractivity contribution in [2.45, 2.75) is 6.54 Å². The Hall–Kier alpha value is -2.73. The molecule has 2 N–H and O–H groups in total. The number of nitrogens with zero attached hydrogens (tertiary/aromatic N) is 1. The van der Waals surface area contributed by atoms with Gasteiger partial charge in [0.2, 0.25) is 0 Å². The van der Waals surface area contributed by atoms with E-state index in [9.17, 15) is 9.18 Å². The van der Waals surface area contributed by atoms with Crippen LogP contribution in [0.1, 0.15) is 15.9 Å². The van der Waals surface area contributed by atoms with Crippen molar-refractivity contribution in [3.05, 3.63) is 77.1 Å². The number of rotatable bonds is 5. The summed E-state index contributed by atoms with van der Waals surface area (Å²) in [7, 11) is 0. The van der Waals surface area contributed by atoms with Crippen molar-refractivity contribution in [1.29, 1.82) is 0 Å². The number of halogens is 1. The highest BCUT2D eigenvalue weighted by Crippen LogP contribution is 2.19. The van der Waals surface area contributed by atoms with Gasteiger partial charge in [-0.3, -0.25) is 4.79 Å². The van der Waals surface area contributed by atoms with E-state index in [0.29, 0.717) is 11.1 Å². The lowest BCUT2D eigenvalue weighted by Gasteiger charge is -2.08. The predicted octanol–water partition coefficient (Wildman–Crippen LogP) is 3.96. The van der Waals surface area contributed by atoms with Crippen LogP contribution in [0.25, 0.3) is 0 Å². The molecule has 2 aromatic carbocycles. The Balaban J connectivity index is 1.66. The minimum absolute atomic E-state index is 0.148. The van der Waals surface area contributed by atoms with Gasteiger partial charge in [-0.25, -0.2) is 9.37 Å². The molecule has 0 aliphatic heterocycles.